The van der Waals surface area contributed by atoms with Gasteiger partial charge in [-0.15, -0.1) is 0 Å². The van der Waals surface area contributed by atoms with E-state index in [2.05, 4.69) is 32.9 Å². The van der Waals surface area contributed by atoms with Crippen molar-refractivity contribution in [2.45, 2.75) is 52.0 Å². The van der Waals surface area contributed by atoms with E-state index in [1.165, 1.54) is 16.7 Å². The molecule has 4 nitrogen and oxygen atoms in total. The lowest BCUT2D eigenvalue weighted by atomic mass is 9.85. The summed E-state index contributed by atoms with van der Waals surface area (Å²) in [7, 11) is 0. The molecule has 0 radical (unpaired) electrons. The standard InChI is InChI=1S/C17H26N2O2/c1-11-9-12(2)13(3)15(10-11)21-8-6-14-5-4-7-17(14,19)16(18)20/h9-10,14H,4-8,19H2,1-3H3,(H2,18,20). The molecule has 0 heterocycles. The van der Waals surface area contributed by atoms with Crippen molar-refractivity contribution in [3.8, 4) is 5.75 Å². The van der Waals surface area contributed by atoms with Crippen LogP contribution in [-0.2, 0) is 4.79 Å². The molecule has 116 valence electrons. The third kappa shape index (κ3) is 3.21. The fraction of sp³-hybridized carbons (Fsp3) is 0.588. The fourth-order valence-corrected chi connectivity index (χ4v) is 3.29. The van der Waals surface area contributed by atoms with E-state index in [4.69, 9.17) is 16.2 Å². The van der Waals surface area contributed by atoms with E-state index in [1.807, 2.05) is 0 Å². The Labute approximate surface area is 126 Å². The Morgan fingerprint density at radius 2 is 2.10 bits per heavy atom. The van der Waals surface area contributed by atoms with E-state index in [0.29, 0.717) is 13.0 Å². The highest BCUT2D eigenvalue weighted by molar-refractivity contribution is 5.85. The summed E-state index contributed by atoms with van der Waals surface area (Å²) in [6, 6.07) is 4.21. The molecule has 1 aromatic carbocycles. The first-order chi connectivity index (χ1) is 9.84. The quantitative estimate of drug-likeness (QED) is 0.873. The van der Waals surface area contributed by atoms with Crippen molar-refractivity contribution in [1.82, 2.24) is 0 Å². The summed E-state index contributed by atoms with van der Waals surface area (Å²) in [5.41, 5.74) is 14.4. The van der Waals surface area contributed by atoms with Crippen LogP contribution in [0.5, 0.6) is 5.75 Å². The molecule has 4 N–H and O–H groups in total. The third-order valence-corrected chi connectivity index (χ3v) is 4.82. The molecule has 0 aliphatic heterocycles. The largest absolute Gasteiger partial charge is 0.493 e. The van der Waals surface area contributed by atoms with Crippen molar-refractivity contribution in [3.05, 3.63) is 28.8 Å². The molecule has 1 amide bonds. The number of amides is 1. The Morgan fingerprint density at radius 3 is 2.76 bits per heavy atom. The lowest BCUT2D eigenvalue weighted by molar-refractivity contribution is -0.124. The number of rotatable bonds is 5. The van der Waals surface area contributed by atoms with Gasteiger partial charge in [-0.2, -0.15) is 0 Å². The van der Waals surface area contributed by atoms with Gasteiger partial charge in [0.25, 0.3) is 0 Å². The Morgan fingerprint density at radius 1 is 1.38 bits per heavy atom. The first kappa shape index (κ1) is 15.8. The summed E-state index contributed by atoms with van der Waals surface area (Å²) in [5.74, 6) is 0.668. The molecule has 2 atom stereocenters. The highest BCUT2D eigenvalue weighted by Crippen LogP contribution is 2.36. The zero-order valence-corrected chi connectivity index (χ0v) is 13.2. The lowest BCUT2D eigenvalue weighted by Gasteiger charge is -2.28. The summed E-state index contributed by atoms with van der Waals surface area (Å²) in [6.45, 7) is 6.79. The highest BCUT2D eigenvalue weighted by Gasteiger charge is 2.43. The van der Waals surface area contributed by atoms with E-state index in [1.54, 1.807) is 0 Å². The van der Waals surface area contributed by atoms with E-state index >= 15 is 0 Å². The average molecular weight is 290 g/mol. The minimum absolute atomic E-state index is 0.126. The third-order valence-electron chi connectivity index (χ3n) is 4.82. The van der Waals surface area contributed by atoms with Gasteiger partial charge in [0, 0.05) is 0 Å². The van der Waals surface area contributed by atoms with Gasteiger partial charge >= 0.3 is 0 Å². The van der Waals surface area contributed by atoms with Crippen LogP contribution in [0.25, 0.3) is 0 Å². The number of nitrogens with two attached hydrogens (primary N) is 2. The van der Waals surface area contributed by atoms with E-state index in [0.717, 1.165) is 25.0 Å². The normalized spacial score (nSPS) is 25.0. The van der Waals surface area contributed by atoms with E-state index in [9.17, 15) is 4.79 Å². The zero-order chi connectivity index (χ0) is 15.6. The maximum atomic E-state index is 11.6. The first-order valence-electron chi connectivity index (χ1n) is 7.64. The van der Waals surface area contributed by atoms with Crippen LogP contribution in [0.3, 0.4) is 0 Å². The molecule has 0 bridgehead atoms. The lowest BCUT2D eigenvalue weighted by Crippen LogP contribution is -2.54. The van der Waals surface area contributed by atoms with Crippen LogP contribution >= 0.6 is 0 Å². The van der Waals surface area contributed by atoms with Gasteiger partial charge in [0.1, 0.15) is 5.75 Å². The molecular formula is C17H26N2O2. The van der Waals surface area contributed by atoms with Gasteiger partial charge in [0.05, 0.1) is 12.1 Å². The van der Waals surface area contributed by atoms with Crippen molar-refractivity contribution in [1.29, 1.82) is 0 Å². The molecule has 2 unspecified atom stereocenters. The highest BCUT2D eigenvalue weighted by atomic mass is 16.5. The topological polar surface area (TPSA) is 78.3 Å². The van der Waals surface area contributed by atoms with Gasteiger partial charge in [0.15, 0.2) is 0 Å². The van der Waals surface area contributed by atoms with Gasteiger partial charge < -0.3 is 16.2 Å². The van der Waals surface area contributed by atoms with Crippen molar-refractivity contribution >= 4 is 5.91 Å². The van der Waals surface area contributed by atoms with Crippen LogP contribution in [0.15, 0.2) is 12.1 Å². The van der Waals surface area contributed by atoms with Crippen LogP contribution in [0.1, 0.15) is 42.4 Å². The van der Waals surface area contributed by atoms with Crippen LogP contribution < -0.4 is 16.2 Å². The number of aryl methyl sites for hydroxylation is 2. The van der Waals surface area contributed by atoms with Gasteiger partial charge in [-0.05, 0) is 68.7 Å². The van der Waals surface area contributed by atoms with Gasteiger partial charge in [-0.1, -0.05) is 12.5 Å². The van der Waals surface area contributed by atoms with E-state index < -0.39 is 5.54 Å². The Kier molecular flexibility index (Phi) is 4.57. The number of ether oxygens (including phenoxy) is 1. The monoisotopic (exact) mass is 290 g/mol. The minimum atomic E-state index is -0.846. The van der Waals surface area contributed by atoms with Crippen molar-refractivity contribution in [2.75, 3.05) is 6.61 Å². The number of hydrogen-bond acceptors (Lipinski definition) is 3. The smallest absolute Gasteiger partial charge is 0.237 e. The zero-order valence-electron chi connectivity index (χ0n) is 13.2. The second-order valence-electron chi connectivity index (χ2n) is 6.34. The second kappa shape index (κ2) is 6.06. The average Bonchev–Trinajstić information content (AvgIpc) is 2.78. The SMILES string of the molecule is Cc1cc(C)c(C)c(OCCC2CCCC2(N)C(N)=O)c1. The van der Waals surface area contributed by atoms with Crippen LogP contribution in [0.4, 0.5) is 0 Å². The van der Waals surface area contributed by atoms with Gasteiger partial charge in [-0.3, -0.25) is 4.79 Å². The molecule has 1 fully saturated rings. The molecule has 0 saturated heterocycles. The summed E-state index contributed by atoms with van der Waals surface area (Å²) in [4.78, 5) is 11.6. The number of hydrogen-bond donors (Lipinski definition) is 2. The molecule has 0 spiro atoms. The number of benzene rings is 1. The number of carbonyl (C=O) groups excluding carboxylic acids is 1. The molecule has 1 saturated carbocycles. The molecule has 1 aromatic rings. The van der Waals surface area contributed by atoms with Crippen molar-refractivity contribution in [3.63, 3.8) is 0 Å². The molecule has 2 rings (SSSR count). The molecule has 1 aliphatic carbocycles. The maximum Gasteiger partial charge on any atom is 0.237 e. The molecule has 1 aliphatic rings. The minimum Gasteiger partial charge on any atom is -0.493 e. The van der Waals surface area contributed by atoms with Crippen molar-refractivity contribution in [2.24, 2.45) is 17.4 Å². The Balaban J connectivity index is 1.97. The predicted octanol–water partition coefficient (Wildman–Crippen LogP) is 2.36. The Bertz CT molecular complexity index is 542. The molecule has 0 aromatic heterocycles. The van der Waals surface area contributed by atoms with Crippen LogP contribution in [0.2, 0.25) is 0 Å². The summed E-state index contributed by atoms with van der Waals surface area (Å²) >= 11 is 0. The predicted molar refractivity (Wildman–Crippen MR) is 84.2 cm³/mol. The van der Waals surface area contributed by atoms with Gasteiger partial charge in [0.2, 0.25) is 5.91 Å². The van der Waals surface area contributed by atoms with Gasteiger partial charge in [-0.25, -0.2) is 0 Å². The molecule has 21 heavy (non-hydrogen) atoms. The van der Waals surface area contributed by atoms with E-state index in [-0.39, 0.29) is 11.8 Å². The Hall–Kier alpha value is -1.55. The fourth-order valence-electron chi connectivity index (χ4n) is 3.29. The summed E-state index contributed by atoms with van der Waals surface area (Å²) < 4.78 is 5.93. The maximum absolute atomic E-state index is 11.6. The summed E-state index contributed by atoms with van der Waals surface area (Å²) in [5, 5.41) is 0. The number of primary amides is 1. The van der Waals surface area contributed by atoms with Crippen LogP contribution in [0, 0.1) is 26.7 Å². The molecular weight excluding hydrogens is 264 g/mol. The second-order valence-corrected chi connectivity index (χ2v) is 6.34. The molecule has 4 heteroatoms. The van der Waals surface area contributed by atoms with Crippen molar-refractivity contribution < 1.29 is 9.53 Å². The first-order valence-corrected chi connectivity index (χ1v) is 7.64. The van der Waals surface area contributed by atoms with Crippen LogP contribution in [-0.4, -0.2) is 18.1 Å². The summed E-state index contributed by atoms with van der Waals surface area (Å²) in [6.07, 6.45) is 3.38. The number of carbonyl (C=O) groups is 1.